The van der Waals surface area contributed by atoms with Crippen LogP contribution in [0.25, 0.3) is 0 Å². The van der Waals surface area contributed by atoms with E-state index in [-0.39, 0.29) is 27.2 Å². The summed E-state index contributed by atoms with van der Waals surface area (Å²) >= 11 is 30.1. The Bertz CT molecular complexity index is 1250. The van der Waals surface area contributed by atoms with Crippen molar-refractivity contribution in [3.63, 3.8) is 0 Å². The summed E-state index contributed by atoms with van der Waals surface area (Å²) in [7, 11) is -4.09. The van der Waals surface area contributed by atoms with E-state index in [0.29, 0.717) is 20.6 Å². The van der Waals surface area contributed by atoms with Gasteiger partial charge in [0.25, 0.3) is 0 Å². The maximum Gasteiger partial charge on any atom is 0.243 e. The van der Waals surface area contributed by atoms with Crippen molar-refractivity contribution < 1.29 is 13.2 Å². The molecule has 5 nitrogen and oxygen atoms in total. The molecule has 0 aliphatic heterocycles. The minimum Gasteiger partial charge on any atom is -0.324 e. The monoisotopic (exact) mass is 550 g/mol. The maximum atomic E-state index is 13.3. The molecular formula is C21H15Cl5N2O3S. The molecule has 0 saturated carbocycles. The molecule has 3 aromatic carbocycles. The molecule has 3 aromatic rings. The van der Waals surface area contributed by atoms with Crippen molar-refractivity contribution in [2.45, 2.75) is 11.4 Å². The van der Waals surface area contributed by atoms with Gasteiger partial charge in [0.2, 0.25) is 15.9 Å². The first kappa shape index (κ1) is 25.1. The molecule has 11 heteroatoms. The molecular weight excluding hydrogens is 538 g/mol. The molecule has 0 fully saturated rings. The number of nitrogens with one attached hydrogen (secondary N) is 1. The van der Waals surface area contributed by atoms with Gasteiger partial charge in [-0.05, 0) is 60.2 Å². The molecule has 0 radical (unpaired) electrons. The van der Waals surface area contributed by atoms with Crippen molar-refractivity contribution in [3.05, 3.63) is 91.3 Å². The zero-order valence-corrected chi connectivity index (χ0v) is 20.8. The van der Waals surface area contributed by atoms with Gasteiger partial charge < -0.3 is 5.32 Å². The zero-order chi connectivity index (χ0) is 23.5. The van der Waals surface area contributed by atoms with Crippen LogP contribution in [-0.2, 0) is 21.4 Å². The second-order valence-electron chi connectivity index (χ2n) is 6.64. The third-order valence-electron chi connectivity index (χ3n) is 4.34. The fourth-order valence-corrected chi connectivity index (χ4v) is 5.07. The quantitative estimate of drug-likeness (QED) is 0.351. The molecule has 168 valence electrons. The Morgan fingerprint density at radius 1 is 0.781 bits per heavy atom. The minimum absolute atomic E-state index is 0.0272. The number of halogens is 5. The Hall–Kier alpha value is -1.51. The number of sulfonamides is 1. The summed E-state index contributed by atoms with van der Waals surface area (Å²) in [6.07, 6.45) is 0. The highest BCUT2D eigenvalue weighted by Crippen LogP contribution is 2.27. The van der Waals surface area contributed by atoms with Crippen molar-refractivity contribution in [1.29, 1.82) is 0 Å². The van der Waals surface area contributed by atoms with Gasteiger partial charge in [-0.1, -0.05) is 64.1 Å². The summed E-state index contributed by atoms with van der Waals surface area (Å²) in [5.74, 6) is -0.614. The zero-order valence-electron chi connectivity index (χ0n) is 16.2. The Morgan fingerprint density at radius 3 is 2.03 bits per heavy atom. The Kier molecular flexibility index (Phi) is 8.33. The number of rotatable bonds is 7. The standard InChI is InChI=1S/C21H15Cl5N2O3S/c22-14-3-6-17(7-4-14)32(30,31)28(11-13-1-2-15(23)9-19(13)26)12-21(29)27-20-10-16(24)5-8-18(20)25/h1-10H,11-12H2,(H,27,29). The predicted octanol–water partition coefficient (Wildman–Crippen LogP) is 6.78. The summed E-state index contributed by atoms with van der Waals surface area (Å²) in [5.41, 5.74) is 0.736. The van der Waals surface area contributed by atoms with E-state index >= 15 is 0 Å². The molecule has 0 saturated heterocycles. The van der Waals surface area contributed by atoms with E-state index in [1.165, 1.54) is 42.5 Å². The molecule has 0 spiro atoms. The SMILES string of the molecule is O=C(CN(Cc1ccc(Cl)cc1Cl)S(=O)(=O)c1ccc(Cl)cc1)Nc1cc(Cl)ccc1Cl. The lowest BCUT2D eigenvalue weighted by molar-refractivity contribution is -0.116. The first-order valence-electron chi connectivity index (χ1n) is 9.01. The van der Waals surface area contributed by atoms with Crippen LogP contribution in [0.4, 0.5) is 5.69 Å². The number of benzene rings is 3. The summed E-state index contributed by atoms with van der Waals surface area (Å²) in [5, 5.41) is 4.26. The molecule has 0 aromatic heterocycles. The van der Waals surface area contributed by atoms with Gasteiger partial charge in [0, 0.05) is 26.6 Å². The van der Waals surface area contributed by atoms with E-state index in [1.807, 2.05) is 0 Å². The number of hydrogen-bond acceptors (Lipinski definition) is 3. The normalized spacial score (nSPS) is 11.6. The van der Waals surface area contributed by atoms with Crippen LogP contribution in [-0.4, -0.2) is 25.2 Å². The van der Waals surface area contributed by atoms with Gasteiger partial charge >= 0.3 is 0 Å². The van der Waals surface area contributed by atoms with E-state index in [4.69, 9.17) is 58.0 Å². The molecule has 0 bridgehead atoms. The van der Waals surface area contributed by atoms with Crippen LogP contribution in [0.15, 0.2) is 65.6 Å². The minimum atomic E-state index is -4.09. The van der Waals surface area contributed by atoms with E-state index < -0.39 is 22.5 Å². The van der Waals surface area contributed by atoms with Crippen LogP contribution >= 0.6 is 58.0 Å². The topological polar surface area (TPSA) is 66.5 Å². The largest absolute Gasteiger partial charge is 0.324 e. The Balaban J connectivity index is 1.93. The third kappa shape index (κ3) is 6.29. The molecule has 0 aliphatic carbocycles. The molecule has 3 rings (SSSR count). The van der Waals surface area contributed by atoms with E-state index in [9.17, 15) is 13.2 Å². The number of carbonyl (C=O) groups is 1. The van der Waals surface area contributed by atoms with Crippen LogP contribution in [0.1, 0.15) is 5.56 Å². The summed E-state index contributed by atoms with van der Waals surface area (Å²) < 4.78 is 27.6. The third-order valence-corrected chi connectivity index (χ3v) is 7.55. The number of anilines is 1. The van der Waals surface area contributed by atoms with Crippen LogP contribution in [0, 0.1) is 0 Å². The lowest BCUT2D eigenvalue weighted by Crippen LogP contribution is -2.37. The fourth-order valence-electron chi connectivity index (χ4n) is 2.76. The summed E-state index contributed by atoms with van der Waals surface area (Å²) in [6.45, 7) is -0.676. The van der Waals surface area contributed by atoms with Gasteiger partial charge in [-0.2, -0.15) is 4.31 Å². The molecule has 0 atom stereocenters. The fraction of sp³-hybridized carbons (Fsp3) is 0.0952. The second kappa shape index (κ2) is 10.6. The first-order valence-corrected chi connectivity index (χ1v) is 12.3. The van der Waals surface area contributed by atoms with Crippen molar-refractivity contribution in [3.8, 4) is 0 Å². The van der Waals surface area contributed by atoms with Crippen LogP contribution in [0.3, 0.4) is 0 Å². The average Bonchev–Trinajstić information content (AvgIpc) is 2.72. The molecule has 1 N–H and O–H groups in total. The number of hydrogen-bond donors (Lipinski definition) is 1. The van der Waals surface area contributed by atoms with Crippen LogP contribution in [0.5, 0.6) is 0 Å². The van der Waals surface area contributed by atoms with Gasteiger partial charge in [-0.3, -0.25) is 4.79 Å². The average molecular weight is 553 g/mol. The molecule has 0 heterocycles. The molecule has 0 aliphatic rings. The highest BCUT2D eigenvalue weighted by Gasteiger charge is 2.28. The Morgan fingerprint density at radius 2 is 1.38 bits per heavy atom. The van der Waals surface area contributed by atoms with Gasteiger partial charge in [-0.25, -0.2) is 8.42 Å². The lowest BCUT2D eigenvalue weighted by atomic mass is 10.2. The summed E-state index contributed by atoms with van der Waals surface area (Å²) in [4.78, 5) is 12.7. The van der Waals surface area contributed by atoms with E-state index in [0.717, 1.165) is 4.31 Å². The van der Waals surface area contributed by atoms with Gasteiger partial charge in [0.1, 0.15) is 0 Å². The summed E-state index contributed by atoms with van der Waals surface area (Å²) in [6, 6.07) is 14.9. The van der Waals surface area contributed by atoms with E-state index in [2.05, 4.69) is 5.32 Å². The highest BCUT2D eigenvalue weighted by molar-refractivity contribution is 7.89. The van der Waals surface area contributed by atoms with Crippen molar-refractivity contribution in [2.24, 2.45) is 0 Å². The van der Waals surface area contributed by atoms with Crippen molar-refractivity contribution in [2.75, 3.05) is 11.9 Å². The highest BCUT2D eigenvalue weighted by atomic mass is 35.5. The van der Waals surface area contributed by atoms with Gasteiger partial charge in [0.15, 0.2) is 0 Å². The predicted molar refractivity (Wildman–Crippen MR) is 131 cm³/mol. The number of amides is 1. The van der Waals surface area contributed by atoms with Crippen LogP contribution < -0.4 is 5.32 Å². The van der Waals surface area contributed by atoms with Crippen molar-refractivity contribution in [1.82, 2.24) is 4.31 Å². The van der Waals surface area contributed by atoms with Crippen LogP contribution in [0.2, 0.25) is 25.1 Å². The van der Waals surface area contributed by atoms with E-state index in [1.54, 1.807) is 18.2 Å². The molecule has 32 heavy (non-hydrogen) atoms. The molecule has 1 amide bonds. The lowest BCUT2D eigenvalue weighted by Gasteiger charge is -2.23. The second-order valence-corrected chi connectivity index (χ2v) is 10.7. The molecule has 0 unspecified atom stereocenters. The first-order chi connectivity index (χ1) is 15.1. The number of nitrogens with zero attached hydrogens (tertiary/aromatic N) is 1. The maximum absolute atomic E-state index is 13.3. The smallest absolute Gasteiger partial charge is 0.243 e. The Labute approximate surface area is 210 Å². The number of carbonyl (C=O) groups excluding carboxylic acids is 1. The van der Waals surface area contributed by atoms with Crippen molar-refractivity contribution >= 4 is 79.6 Å². The van der Waals surface area contributed by atoms with Gasteiger partial charge in [-0.15, -0.1) is 0 Å². The van der Waals surface area contributed by atoms with Gasteiger partial charge in [0.05, 0.1) is 22.2 Å².